The minimum atomic E-state index is -3.68. The molecule has 2 heterocycles. The second kappa shape index (κ2) is 9.17. The van der Waals surface area contributed by atoms with E-state index in [0.717, 1.165) is 5.56 Å². The van der Waals surface area contributed by atoms with Crippen LogP contribution in [-0.4, -0.2) is 71.0 Å². The Morgan fingerprint density at radius 1 is 1.29 bits per heavy atom. The van der Waals surface area contributed by atoms with Gasteiger partial charge in [-0.05, 0) is 37.0 Å². The molecule has 180 valence electrons. The number of aliphatic hydroxyl groups excluding tert-OH is 1. The molecule has 2 aromatic rings. The lowest BCUT2D eigenvalue weighted by molar-refractivity contribution is 0.0724. The lowest BCUT2D eigenvalue weighted by Gasteiger charge is -2.31. The van der Waals surface area contributed by atoms with Gasteiger partial charge in [0.25, 0.3) is 11.8 Å². The van der Waals surface area contributed by atoms with Gasteiger partial charge in [0.1, 0.15) is 10.4 Å². The van der Waals surface area contributed by atoms with Crippen molar-refractivity contribution < 1.29 is 23.1 Å². The van der Waals surface area contributed by atoms with Crippen LogP contribution < -0.4 is 10.0 Å². The van der Waals surface area contributed by atoms with Crippen molar-refractivity contribution in [2.45, 2.75) is 30.6 Å². The van der Waals surface area contributed by atoms with E-state index in [4.69, 9.17) is 10.4 Å². The van der Waals surface area contributed by atoms with E-state index < -0.39 is 20.7 Å². The highest BCUT2D eigenvalue weighted by molar-refractivity contribution is 7.91. The molecule has 3 N–H and O–H groups in total. The zero-order valence-electron chi connectivity index (χ0n) is 18.7. The number of hydrogen-bond donors (Lipinski definition) is 3. The topological polar surface area (TPSA) is 157 Å². The average molecular weight is 487 g/mol. The van der Waals surface area contributed by atoms with Crippen LogP contribution in [0.5, 0.6) is 0 Å². The zero-order valence-corrected chi connectivity index (χ0v) is 19.6. The molecule has 34 heavy (non-hydrogen) atoms. The number of amides is 2. The van der Waals surface area contributed by atoms with Gasteiger partial charge in [0.2, 0.25) is 10.0 Å². The minimum absolute atomic E-state index is 0.0530. The van der Waals surface area contributed by atoms with Crippen molar-refractivity contribution in [3.63, 3.8) is 0 Å². The third kappa shape index (κ3) is 4.42. The molecule has 0 bridgehead atoms. The van der Waals surface area contributed by atoms with Gasteiger partial charge in [-0.1, -0.05) is 12.1 Å². The molecule has 1 aromatic heterocycles. The molecule has 1 aliphatic carbocycles. The molecule has 1 saturated carbocycles. The summed E-state index contributed by atoms with van der Waals surface area (Å²) in [5.41, 5.74) is 2.36. The van der Waals surface area contributed by atoms with Crippen molar-refractivity contribution in [1.82, 2.24) is 24.7 Å². The molecule has 2 amide bonds. The Kier molecular flexibility index (Phi) is 6.44. The second-order valence-corrected chi connectivity index (χ2v) is 10.7. The Morgan fingerprint density at radius 2 is 2.00 bits per heavy atom. The molecular formula is C22H26N6O5S. The first-order valence-electron chi connectivity index (χ1n) is 10.9. The van der Waals surface area contributed by atoms with Crippen LogP contribution in [0, 0.1) is 11.3 Å². The Bertz CT molecular complexity index is 1260. The Balaban J connectivity index is 1.46. The second-order valence-electron chi connectivity index (χ2n) is 8.57. The standard InChI is InChI=1S/C22H26N6O5S/c1-27-19-17(18(26-27)20(30)24-13-16-4-2-15(12-23)3-5-16)6-10-28(21(19)31)14-22(7-8-22)34(32,33)25-9-11-29/h2-5,25,29H,6-11,13-14H2,1H3,(H,24,30). The summed E-state index contributed by atoms with van der Waals surface area (Å²) in [5, 5.41) is 24.9. The molecule has 0 atom stereocenters. The molecule has 0 unspecified atom stereocenters. The highest BCUT2D eigenvalue weighted by Crippen LogP contribution is 2.44. The van der Waals surface area contributed by atoms with Gasteiger partial charge in [0.15, 0.2) is 5.69 Å². The number of nitrogens with one attached hydrogen (secondary N) is 2. The molecule has 1 aromatic carbocycles. The monoisotopic (exact) mass is 486 g/mol. The van der Waals surface area contributed by atoms with E-state index in [1.54, 1.807) is 31.3 Å². The van der Waals surface area contributed by atoms with Crippen molar-refractivity contribution in [2.24, 2.45) is 7.05 Å². The number of nitrogens with zero attached hydrogens (tertiary/aromatic N) is 4. The van der Waals surface area contributed by atoms with E-state index in [9.17, 15) is 18.0 Å². The van der Waals surface area contributed by atoms with Gasteiger partial charge in [-0.15, -0.1) is 0 Å². The number of aromatic nitrogens is 2. The molecule has 4 rings (SSSR count). The van der Waals surface area contributed by atoms with Crippen molar-refractivity contribution in [1.29, 1.82) is 5.26 Å². The van der Waals surface area contributed by atoms with Crippen LogP contribution in [0.4, 0.5) is 0 Å². The van der Waals surface area contributed by atoms with E-state index >= 15 is 0 Å². The quantitative estimate of drug-likeness (QED) is 0.438. The van der Waals surface area contributed by atoms with Crippen molar-refractivity contribution in [3.05, 3.63) is 52.3 Å². The fourth-order valence-corrected chi connectivity index (χ4v) is 5.83. The van der Waals surface area contributed by atoms with Crippen molar-refractivity contribution in [2.75, 3.05) is 26.2 Å². The van der Waals surface area contributed by atoms with E-state index in [0.29, 0.717) is 30.4 Å². The summed E-state index contributed by atoms with van der Waals surface area (Å²) in [6.45, 7) is 0.219. The Morgan fingerprint density at radius 3 is 2.62 bits per heavy atom. The highest BCUT2D eigenvalue weighted by atomic mass is 32.2. The highest BCUT2D eigenvalue weighted by Gasteiger charge is 2.56. The first-order valence-corrected chi connectivity index (χ1v) is 12.4. The van der Waals surface area contributed by atoms with Crippen LogP contribution in [0.2, 0.25) is 0 Å². The molecule has 2 aliphatic rings. The fraction of sp³-hybridized carbons (Fsp3) is 0.455. The van der Waals surface area contributed by atoms with Gasteiger partial charge < -0.3 is 15.3 Å². The smallest absolute Gasteiger partial charge is 0.272 e. The van der Waals surface area contributed by atoms with Gasteiger partial charge in [-0.25, -0.2) is 13.1 Å². The maximum atomic E-state index is 13.2. The van der Waals surface area contributed by atoms with E-state index in [1.807, 2.05) is 6.07 Å². The van der Waals surface area contributed by atoms with Crippen LogP contribution in [0.3, 0.4) is 0 Å². The average Bonchev–Trinajstić information content (AvgIpc) is 3.55. The van der Waals surface area contributed by atoms with E-state index in [2.05, 4.69) is 15.1 Å². The number of sulfonamides is 1. The fourth-order valence-electron chi connectivity index (χ4n) is 4.20. The van der Waals surface area contributed by atoms with E-state index in [-0.39, 0.29) is 50.1 Å². The summed E-state index contributed by atoms with van der Waals surface area (Å²) in [4.78, 5) is 27.5. The maximum Gasteiger partial charge on any atom is 0.272 e. The van der Waals surface area contributed by atoms with E-state index in [1.165, 1.54) is 9.58 Å². The number of rotatable bonds is 9. The summed E-state index contributed by atoms with van der Waals surface area (Å²) in [5.74, 6) is -0.761. The van der Waals surface area contributed by atoms with Crippen LogP contribution in [-0.2, 0) is 30.0 Å². The SMILES string of the molecule is Cn1nc(C(=O)NCc2ccc(C#N)cc2)c2c1C(=O)N(CC1(S(=O)(=O)NCCO)CC1)CC2. The van der Waals surface area contributed by atoms with Crippen LogP contribution in [0.25, 0.3) is 0 Å². The van der Waals surface area contributed by atoms with Gasteiger partial charge in [-0.2, -0.15) is 10.4 Å². The molecule has 0 radical (unpaired) electrons. The lowest BCUT2D eigenvalue weighted by atomic mass is 10.0. The first-order chi connectivity index (χ1) is 16.2. The predicted molar refractivity (Wildman–Crippen MR) is 121 cm³/mol. The van der Waals surface area contributed by atoms with Gasteiger partial charge in [0.05, 0.1) is 18.2 Å². The zero-order chi connectivity index (χ0) is 24.5. The van der Waals surface area contributed by atoms with Crippen LogP contribution in [0.1, 0.15) is 50.5 Å². The first kappa shape index (κ1) is 23.9. The third-order valence-electron chi connectivity index (χ3n) is 6.28. The van der Waals surface area contributed by atoms with Crippen LogP contribution in [0.15, 0.2) is 24.3 Å². The summed E-state index contributed by atoms with van der Waals surface area (Å²) >= 11 is 0. The summed E-state index contributed by atoms with van der Waals surface area (Å²) in [6.07, 6.45) is 1.27. The Labute approximate surface area is 197 Å². The van der Waals surface area contributed by atoms with Crippen LogP contribution >= 0.6 is 0 Å². The number of carbonyl (C=O) groups excluding carboxylic acids is 2. The third-order valence-corrected chi connectivity index (χ3v) is 8.54. The molecular weight excluding hydrogens is 460 g/mol. The summed E-state index contributed by atoms with van der Waals surface area (Å²) in [6, 6.07) is 8.89. The van der Waals surface area contributed by atoms with Crippen molar-refractivity contribution >= 4 is 21.8 Å². The predicted octanol–water partition coefficient (Wildman–Crippen LogP) is -0.336. The number of hydrogen-bond acceptors (Lipinski definition) is 7. The molecule has 12 heteroatoms. The molecule has 11 nitrogen and oxygen atoms in total. The summed E-state index contributed by atoms with van der Waals surface area (Å²) in [7, 11) is -2.09. The maximum absolute atomic E-state index is 13.2. The number of aryl methyl sites for hydroxylation is 1. The number of carbonyl (C=O) groups is 2. The normalized spacial score (nSPS) is 16.6. The van der Waals surface area contributed by atoms with Gasteiger partial charge >= 0.3 is 0 Å². The number of fused-ring (bicyclic) bond motifs is 1. The molecule has 0 spiro atoms. The number of benzene rings is 1. The summed E-state index contributed by atoms with van der Waals surface area (Å²) < 4.78 is 28.0. The minimum Gasteiger partial charge on any atom is -0.395 e. The number of nitriles is 1. The Hall–Kier alpha value is -3.27. The molecule has 1 fully saturated rings. The van der Waals surface area contributed by atoms with Crippen molar-refractivity contribution in [3.8, 4) is 6.07 Å². The molecule has 1 aliphatic heterocycles. The lowest BCUT2D eigenvalue weighted by Crippen LogP contribution is -2.49. The number of aliphatic hydroxyl groups is 1. The molecule has 0 saturated heterocycles. The largest absolute Gasteiger partial charge is 0.395 e. The van der Waals surface area contributed by atoms with Gasteiger partial charge in [-0.3, -0.25) is 14.3 Å². The van der Waals surface area contributed by atoms with Gasteiger partial charge in [0, 0.05) is 38.8 Å².